The van der Waals surface area contributed by atoms with Crippen LogP contribution in [0.5, 0.6) is 0 Å². The van der Waals surface area contributed by atoms with Crippen LogP contribution in [0.1, 0.15) is 0 Å². The van der Waals surface area contributed by atoms with Crippen molar-refractivity contribution in [1.29, 1.82) is 0 Å². The maximum Gasteiger partial charge on any atom is 0.649 e. The van der Waals surface area contributed by atoms with Crippen molar-refractivity contribution in [2.24, 2.45) is 0 Å². The Morgan fingerprint density at radius 2 is 1.07 bits per heavy atom. The summed E-state index contributed by atoms with van der Waals surface area (Å²) in [5, 5.41) is -1.24. The van der Waals surface area contributed by atoms with Gasteiger partial charge in [-0.3, -0.25) is 0 Å². The summed E-state index contributed by atoms with van der Waals surface area (Å²) in [5.41, 5.74) is 0. The van der Waals surface area contributed by atoms with Crippen molar-refractivity contribution in [3.8, 4) is 0 Å². The van der Waals surface area contributed by atoms with Crippen LogP contribution >= 0.6 is 42.6 Å². The Morgan fingerprint density at radius 3 is 1.21 bits per heavy atom. The van der Waals surface area contributed by atoms with Crippen LogP contribution in [0.15, 0.2) is 35.4 Å². The van der Waals surface area contributed by atoms with E-state index >= 15 is 0 Å². The summed E-state index contributed by atoms with van der Waals surface area (Å²) in [6.07, 6.45) is 0. The molecule has 0 atom stereocenters. The molecule has 0 aliphatic heterocycles. The second-order valence-corrected chi connectivity index (χ2v) is 4.49. The van der Waals surface area contributed by atoms with Crippen molar-refractivity contribution in [1.82, 2.24) is 0 Å². The molecule has 14 heavy (non-hydrogen) atoms. The average molecular weight is 279 g/mol. The fraction of sp³-hybridized carbons (Fsp3) is 0. The Kier molecular flexibility index (Phi) is 5.45. The van der Waals surface area contributed by atoms with Crippen LogP contribution < -0.4 is 0 Å². The molecular weight excluding hydrogens is 273 g/mol. The van der Waals surface area contributed by atoms with Gasteiger partial charge in [0.2, 0.25) is 0 Å². The first-order chi connectivity index (χ1) is 6.25. The average Bonchev–Trinajstić information content (AvgIpc) is 1.76. The van der Waals surface area contributed by atoms with Crippen molar-refractivity contribution in [3.63, 3.8) is 0 Å². The largest absolute Gasteiger partial charge is 0.649 e. The molecule has 0 heterocycles. The van der Waals surface area contributed by atoms with Gasteiger partial charge < -0.3 is 13.6 Å². The Morgan fingerprint density at radius 1 is 0.857 bits per heavy atom. The standard InChI is InChI=1S/C6H6Cl3O4P/c1-4(7)11-14(10,12-5(2)8)13-6(3)9/h1-3H2. The van der Waals surface area contributed by atoms with E-state index < -0.39 is 23.5 Å². The molecule has 0 aromatic heterocycles. The van der Waals surface area contributed by atoms with Gasteiger partial charge in [-0.2, -0.15) is 4.57 Å². The minimum absolute atomic E-state index is 0.413. The van der Waals surface area contributed by atoms with Gasteiger partial charge in [0.15, 0.2) is 15.7 Å². The molecule has 4 nitrogen and oxygen atoms in total. The monoisotopic (exact) mass is 278 g/mol. The van der Waals surface area contributed by atoms with Gasteiger partial charge in [-0.25, -0.2) is 0 Å². The zero-order chi connectivity index (χ0) is 11.4. The van der Waals surface area contributed by atoms with Crippen LogP contribution in [0.2, 0.25) is 0 Å². The van der Waals surface area contributed by atoms with Crippen molar-refractivity contribution >= 4 is 42.6 Å². The first-order valence-electron chi connectivity index (χ1n) is 2.97. The summed E-state index contributed by atoms with van der Waals surface area (Å²) in [5.74, 6) is 0. The number of halogens is 3. The molecule has 0 fully saturated rings. The lowest BCUT2D eigenvalue weighted by molar-refractivity contribution is 0.218. The highest BCUT2D eigenvalue weighted by Crippen LogP contribution is 2.55. The lowest BCUT2D eigenvalue weighted by Gasteiger charge is -2.16. The second-order valence-electron chi connectivity index (χ2n) is 1.79. The third-order valence-electron chi connectivity index (χ3n) is 0.633. The van der Waals surface area contributed by atoms with E-state index in [-0.39, 0.29) is 0 Å². The highest BCUT2D eigenvalue weighted by Gasteiger charge is 2.33. The van der Waals surface area contributed by atoms with Gasteiger partial charge >= 0.3 is 7.82 Å². The fourth-order valence-corrected chi connectivity index (χ4v) is 2.02. The second kappa shape index (κ2) is 5.56. The maximum atomic E-state index is 11.5. The Balaban J connectivity index is 4.66. The summed E-state index contributed by atoms with van der Waals surface area (Å²) >= 11 is 15.7. The lowest BCUT2D eigenvalue weighted by atomic mass is 11.2. The van der Waals surface area contributed by atoms with E-state index in [1.807, 2.05) is 0 Å². The molecule has 0 aliphatic rings. The third kappa shape index (κ3) is 6.22. The van der Waals surface area contributed by atoms with Gasteiger partial charge in [0.1, 0.15) is 0 Å². The molecule has 0 saturated carbocycles. The summed E-state index contributed by atoms with van der Waals surface area (Å²) < 4.78 is 24.9. The third-order valence-corrected chi connectivity index (χ3v) is 2.52. The predicted octanol–water partition coefficient (Wildman–Crippen LogP) is 4.27. The summed E-state index contributed by atoms with van der Waals surface area (Å²) in [6, 6.07) is 0. The van der Waals surface area contributed by atoms with Crippen molar-refractivity contribution in [2.45, 2.75) is 0 Å². The number of phosphoric acid groups is 1. The topological polar surface area (TPSA) is 44.8 Å². The molecule has 0 radical (unpaired) electrons. The Hall–Kier alpha value is -0.280. The SMILES string of the molecule is C=C(Cl)OP(=O)(OC(=C)Cl)OC(=C)Cl. The summed E-state index contributed by atoms with van der Waals surface area (Å²) in [7, 11) is -4.08. The van der Waals surface area contributed by atoms with Crippen LogP contribution in [0.3, 0.4) is 0 Å². The molecule has 0 unspecified atom stereocenters. The van der Waals surface area contributed by atoms with Crippen LogP contribution in [0.25, 0.3) is 0 Å². The first-order valence-corrected chi connectivity index (χ1v) is 5.56. The molecule has 80 valence electrons. The minimum atomic E-state index is -4.08. The van der Waals surface area contributed by atoms with E-state index in [1.54, 1.807) is 0 Å². The number of hydrogen-bond donors (Lipinski definition) is 0. The van der Waals surface area contributed by atoms with Crippen molar-refractivity contribution < 1.29 is 18.1 Å². The Labute approximate surface area is 96.3 Å². The highest BCUT2D eigenvalue weighted by molar-refractivity contribution is 7.49. The van der Waals surface area contributed by atoms with E-state index in [9.17, 15) is 4.57 Å². The molecule has 0 N–H and O–H groups in total. The summed E-state index contributed by atoms with van der Waals surface area (Å²) in [6.45, 7) is 9.36. The quantitative estimate of drug-likeness (QED) is 0.538. The number of hydrogen-bond acceptors (Lipinski definition) is 4. The van der Waals surface area contributed by atoms with E-state index in [0.717, 1.165) is 0 Å². The fourth-order valence-electron chi connectivity index (χ4n) is 0.420. The van der Waals surface area contributed by atoms with Gasteiger partial charge in [-0.1, -0.05) is 0 Å². The smallest absolute Gasteiger partial charge is 0.375 e. The molecule has 0 aromatic rings. The predicted molar refractivity (Wildman–Crippen MR) is 55.8 cm³/mol. The molecule has 0 aliphatic carbocycles. The van der Waals surface area contributed by atoms with E-state index in [1.165, 1.54) is 0 Å². The van der Waals surface area contributed by atoms with Crippen molar-refractivity contribution in [3.05, 3.63) is 35.4 Å². The first kappa shape index (κ1) is 13.7. The normalized spacial score (nSPS) is 10.2. The van der Waals surface area contributed by atoms with E-state index in [0.29, 0.717) is 0 Å². The zero-order valence-electron chi connectivity index (χ0n) is 6.84. The van der Waals surface area contributed by atoms with Crippen LogP contribution in [0.4, 0.5) is 0 Å². The number of rotatable bonds is 6. The molecule has 0 spiro atoms. The number of phosphoric ester groups is 1. The molecular formula is C6H6Cl3O4P. The van der Waals surface area contributed by atoms with E-state index in [4.69, 9.17) is 34.8 Å². The van der Waals surface area contributed by atoms with Gasteiger partial charge in [0.25, 0.3) is 0 Å². The molecule has 0 amide bonds. The van der Waals surface area contributed by atoms with E-state index in [2.05, 4.69) is 33.3 Å². The lowest BCUT2D eigenvalue weighted by Crippen LogP contribution is -1.94. The molecule has 0 aromatic carbocycles. The minimum Gasteiger partial charge on any atom is -0.375 e. The summed E-state index contributed by atoms with van der Waals surface area (Å²) in [4.78, 5) is 0. The molecule has 0 bridgehead atoms. The van der Waals surface area contributed by atoms with Crippen LogP contribution in [0, 0.1) is 0 Å². The van der Waals surface area contributed by atoms with Crippen LogP contribution in [-0.2, 0) is 18.1 Å². The van der Waals surface area contributed by atoms with Gasteiger partial charge in [-0.15, -0.1) is 0 Å². The van der Waals surface area contributed by atoms with Gasteiger partial charge in [0, 0.05) is 0 Å². The van der Waals surface area contributed by atoms with Gasteiger partial charge in [0.05, 0.1) is 0 Å². The molecule has 0 rings (SSSR count). The van der Waals surface area contributed by atoms with Crippen molar-refractivity contribution in [2.75, 3.05) is 0 Å². The zero-order valence-corrected chi connectivity index (χ0v) is 10.00. The van der Waals surface area contributed by atoms with Crippen LogP contribution in [-0.4, -0.2) is 0 Å². The maximum absolute atomic E-state index is 11.5. The molecule has 8 heteroatoms. The molecule has 0 saturated heterocycles. The highest BCUT2D eigenvalue weighted by atomic mass is 35.5. The Bertz CT molecular complexity index is 267. The van der Waals surface area contributed by atoms with Gasteiger partial charge in [-0.05, 0) is 54.5 Å².